The Labute approximate surface area is 192 Å². The predicted octanol–water partition coefficient (Wildman–Crippen LogP) is 7.98. The molecular weight excluding hydrogens is 438 g/mol. The van der Waals surface area contributed by atoms with Crippen molar-refractivity contribution >= 4 is 54.8 Å². The van der Waals surface area contributed by atoms with E-state index in [0.717, 1.165) is 27.9 Å². The van der Waals surface area contributed by atoms with Gasteiger partial charge in [-0.15, -0.1) is 22.7 Å². The van der Waals surface area contributed by atoms with Crippen LogP contribution in [0.4, 0.5) is 0 Å². The van der Waals surface area contributed by atoms with Gasteiger partial charge in [-0.25, -0.2) is 0 Å². The lowest BCUT2D eigenvalue weighted by atomic mass is 10.1. The fourth-order valence-corrected chi connectivity index (χ4v) is 6.68. The lowest BCUT2D eigenvalue weighted by Crippen LogP contribution is -1.88. The molecule has 0 fully saturated rings. The number of nitrogens with zero attached hydrogens (tertiary/aromatic N) is 3. The zero-order valence-electron chi connectivity index (χ0n) is 16.9. The molecule has 6 aromatic rings. The highest BCUT2D eigenvalue weighted by molar-refractivity contribution is 7.31. The minimum absolute atomic E-state index is 0.878. The Bertz CT molecular complexity index is 1510. The normalized spacial score (nSPS) is 11.5. The van der Waals surface area contributed by atoms with Gasteiger partial charge in [0, 0.05) is 36.5 Å². The molecule has 2 aromatic carbocycles. The molecule has 0 unspecified atom stereocenters. The summed E-state index contributed by atoms with van der Waals surface area (Å²) in [6, 6.07) is 21.7. The van der Waals surface area contributed by atoms with Crippen LogP contribution in [0.3, 0.4) is 0 Å². The summed E-state index contributed by atoms with van der Waals surface area (Å²) < 4.78 is 11.8. The first-order chi connectivity index (χ1) is 15.2. The number of thiophene rings is 2. The second kappa shape index (κ2) is 7.34. The van der Waals surface area contributed by atoms with Crippen molar-refractivity contribution in [3.63, 3.8) is 0 Å². The molecule has 0 N–H and O–H groups in total. The van der Waals surface area contributed by atoms with E-state index >= 15 is 0 Å². The molecule has 31 heavy (non-hydrogen) atoms. The Hall–Kier alpha value is -2.93. The molecule has 4 heterocycles. The van der Waals surface area contributed by atoms with Gasteiger partial charge in [-0.2, -0.15) is 8.75 Å². The lowest BCUT2D eigenvalue weighted by molar-refractivity contribution is 1.34. The third kappa shape index (κ3) is 3.28. The van der Waals surface area contributed by atoms with Crippen molar-refractivity contribution in [3.05, 3.63) is 78.0 Å². The average Bonchev–Trinajstić information content (AvgIpc) is 3.49. The molecule has 0 amide bonds. The van der Waals surface area contributed by atoms with Crippen molar-refractivity contribution in [1.29, 1.82) is 0 Å². The van der Waals surface area contributed by atoms with E-state index in [2.05, 4.69) is 83.3 Å². The smallest absolute Gasteiger partial charge is 0.131 e. The van der Waals surface area contributed by atoms with Gasteiger partial charge in [0.1, 0.15) is 11.0 Å². The van der Waals surface area contributed by atoms with Gasteiger partial charge in [0.25, 0.3) is 0 Å². The van der Waals surface area contributed by atoms with Crippen molar-refractivity contribution < 1.29 is 0 Å². The SMILES string of the molecule is Cc1ccc(-c2cc3sc(-c4cnc(-c5ccc(C)cc5)c5nsnc45)cc3s2)cc1. The highest BCUT2D eigenvalue weighted by atomic mass is 32.1. The number of hydrogen-bond donors (Lipinski definition) is 0. The van der Waals surface area contributed by atoms with E-state index in [1.165, 1.54) is 47.6 Å². The molecule has 3 nitrogen and oxygen atoms in total. The Kier molecular flexibility index (Phi) is 4.45. The molecule has 0 aliphatic carbocycles. The molecule has 0 saturated carbocycles. The van der Waals surface area contributed by atoms with Gasteiger partial charge in [-0.3, -0.25) is 4.98 Å². The molecule has 0 atom stereocenters. The zero-order valence-corrected chi connectivity index (χ0v) is 19.4. The molecule has 0 aliphatic heterocycles. The van der Waals surface area contributed by atoms with Crippen LogP contribution in [0.15, 0.2) is 66.9 Å². The van der Waals surface area contributed by atoms with E-state index in [9.17, 15) is 0 Å². The van der Waals surface area contributed by atoms with E-state index in [4.69, 9.17) is 4.98 Å². The molecule has 6 rings (SSSR count). The first-order valence-corrected chi connectivity index (χ1v) is 12.3. The number of fused-ring (bicyclic) bond motifs is 2. The number of aryl methyl sites for hydroxylation is 2. The molecule has 4 aromatic heterocycles. The van der Waals surface area contributed by atoms with Crippen LogP contribution in [0.1, 0.15) is 11.1 Å². The summed E-state index contributed by atoms with van der Waals surface area (Å²) >= 11 is 4.89. The Morgan fingerprint density at radius 2 is 1.23 bits per heavy atom. The molecule has 6 heteroatoms. The number of rotatable bonds is 3. The van der Waals surface area contributed by atoms with Crippen LogP contribution in [0, 0.1) is 13.8 Å². The van der Waals surface area contributed by atoms with Crippen LogP contribution in [0.5, 0.6) is 0 Å². The van der Waals surface area contributed by atoms with Crippen molar-refractivity contribution in [2.75, 3.05) is 0 Å². The molecule has 0 radical (unpaired) electrons. The topological polar surface area (TPSA) is 38.7 Å². The van der Waals surface area contributed by atoms with Crippen LogP contribution >= 0.6 is 34.4 Å². The minimum Gasteiger partial charge on any atom is -0.253 e. The third-order valence-electron chi connectivity index (χ3n) is 5.42. The number of hydrogen-bond acceptors (Lipinski definition) is 6. The fraction of sp³-hybridized carbons (Fsp3) is 0.0800. The minimum atomic E-state index is 0.878. The van der Waals surface area contributed by atoms with E-state index in [0.29, 0.717) is 0 Å². The number of aromatic nitrogens is 3. The molecule has 0 spiro atoms. The van der Waals surface area contributed by atoms with Crippen molar-refractivity contribution in [1.82, 2.24) is 13.7 Å². The molecule has 0 saturated heterocycles. The number of pyridine rings is 1. The van der Waals surface area contributed by atoms with Crippen LogP contribution in [0.2, 0.25) is 0 Å². The highest BCUT2D eigenvalue weighted by Crippen LogP contribution is 2.43. The molecular formula is C25H17N3S3. The van der Waals surface area contributed by atoms with Gasteiger partial charge >= 0.3 is 0 Å². The standard InChI is InChI=1S/C25H17N3S3/c1-14-3-7-16(8-4-14)19-11-21-22(29-19)12-20(30-21)18-13-26-23(25-24(18)27-31-28-25)17-9-5-15(2)6-10-17/h3-13H,1-2H3. The van der Waals surface area contributed by atoms with Crippen molar-refractivity contribution in [2.45, 2.75) is 13.8 Å². The molecule has 0 aliphatic rings. The second-order valence-corrected chi connectivity index (χ2v) is 10.4. The van der Waals surface area contributed by atoms with Crippen LogP contribution in [-0.2, 0) is 0 Å². The van der Waals surface area contributed by atoms with E-state index in [1.54, 1.807) is 11.3 Å². The van der Waals surface area contributed by atoms with Gasteiger partial charge in [-0.05, 0) is 31.5 Å². The molecule has 0 bridgehead atoms. The van der Waals surface area contributed by atoms with Crippen LogP contribution in [-0.4, -0.2) is 13.7 Å². The highest BCUT2D eigenvalue weighted by Gasteiger charge is 2.17. The summed E-state index contributed by atoms with van der Waals surface area (Å²) in [5.41, 5.74) is 8.63. The van der Waals surface area contributed by atoms with E-state index in [1.807, 2.05) is 17.5 Å². The summed E-state index contributed by atoms with van der Waals surface area (Å²) in [6.45, 7) is 4.21. The van der Waals surface area contributed by atoms with Crippen LogP contribution < -0.4 is 0 Å². The Morgan fingerprint density at radius 1 is 0.645 bits per heavy atom. The van der Waals surface area contributed by atoms with Gasteiger partial charge in [0.2, 0.25) is 0 Å². The average molecular weight is 456 g/mol. The van der Waals surface area contributed by atoms with E-state index < -0.39 is 0 Å². The van der Waals surface area contributed by atoms with Crippen molar-refractivity contribution in [3.8, 4) is 32.1 Å². The maximum atomic E-state index is 4.80. The van der Waals surface area contributed by atoms with Gasteiger partial charge in [-0.1, -0.05) is 59.7 Å². The van der Waals surface area contributed by atoms with Crippen LogP contribution in [0.25, 0.3) is 52.6 Å². The fourth-order valence-electron chi connectivity index (χ4n) is 3.70. The lowest BCUT2D eigenvalue weighted by Gasteiger charge is -2.05. The Balaban J connectivity index is 1.43. The number of benzene rings is 2. The van der Waals surface area contributed by atoms with E-state index in [-0.39, 0.29) is 0 Å². The van der Waals surface area contributed by atoms with Gasteiger partial charge in [0.05, 0.1) is 17.4 Å². The maximum absolute atomic E-state index is 4.80. The first-order valence-electron chi connectivity index (χ1n) is 9.95. The largest absolute Gasteiger partial charge is 0.253 e. The third-order valence-corrected chi connectivity index (χ3v) is 8.33. The van der Waals surface area contributed by atoms with Gasteiger partial charge in [0.15, 0.2) is 0 Å². The summed E-state index contributed by atoms with van der Waals surface area (Å²) in [7, 11) is 0. The van der Waals surface area contributed by atoms with Gasteiger partial charge < -0.3 is 0 Å². The zero-order chi connectivity index (χ0) is 20.9. The monoisotopic (exact) mass is 455 g/mol. The first kappa shape index (κ1) is 18.8. The Morgan fingerprint density at radius 3 is 1.94 bits per heavy atom. The summed E-state index contributed by atoms with van der Waals surface area (Å²) in [5, 5.41) is 0. The predicted molar refractivity (Wildman–Crippen MR) is 134 cm³/mol. The maximum Gasteiger partial charge on any atom is 0.131 e. The summed E-state index contributed by atoms with van der Waals surface area (Å²) in [6.07, 6.45) is 1.95. The molecule has 150 valence electrons. The summed E-state index contributed by atoms with van der Waals surface area (Å²) in [5.74, 6) is 0. The quantitative estimate of drug-likeness (QED) is 0.271. The second-order valence-electron chi connectivity index (χ2n) is 7.66. The summed E-state index contributed by atoms with van der Waals surface area (Å²) in [4.78, 5) is 7.30. The van der Waals surface area contributed by atoms with Crippen molar-refractivity contribution in [2.24, 2.45) is 0 Å².